The van der Waals surface area contributed by atoms with E-state index in [-0.39, 0.29) is 17.7 Å². The van der Waals surface area contributed by atoms with Crippen LogP contribution in [0.5, 0.6) is 5.75 Å². The Labute approximate surface area is 103 Å². The first kappa shape index (κ1) is 13.9. The van der Waals surface area contributed by atoms with Crippen LogP contribution in [0.1, 0.15) is 17.5 Å². The minimum atomic E-state index is -2.99. The third-order valence-electron chi connectivity index (χ3n) is 2.23. The van der Waals surface area contributed by atoms with Crippen LogP contribution in [0.3, 0.4) is 0 Å². The lowest BCUT2D eigenvalue weighted by atomic mass is 10.1. The highest BCUT2D eigenvalue weighted by atomic mass is 19.3. The quantitative estimate of drug-likeness (QED) is 0.757. The topological polar surface area (TPSA) is 59.3 Å². The number of halogens is 2. The van der Waals surface area contributed by atoms with Gasteiger partial charge in [-0.2, -0.15) is 14.0 Å². The molecular weight excluding hydrogens is 244 g/mol. The zero-order valence-corrected chi connectivity index (χ0v) is 9.65. The monoisotopic (exact) mass is 255 g/mol. The number of esters is 1. The van der Waals surface area contributed by atoms with E-state index >= 15 is 0 Å². The van der Waals surface area contributed by atoms with E-state index in [4.69, 9.17) is 5.26 Å². The number of rotatable bonds is 5. The average Bonchev–Trinajstić information content (AvgIpc) is 2.35. The van der Waals surface area contributed by atoms with Gasteiger partial charge in [0.05, 0.1) is 12.7 Å². The average molecular weight is 255 g/mol. The van der Waals surface area contributed by atoms with E-state index in [2.05, 4.69) is 9.47 Å². The molecule has 0 aliphatic heterocycles. The highest BCUT2D eigenvalue weighted by Crippen LogP contribution is 2.22. The SMILES string of the molecule is COC(=O)CCc1ccc(C#N)c(OC(F)F)c1. The van der Waals surface area contributed by atoms with Gasteiger partial charge in [-0.15, -0.1) is 0 Å². The van der Waals surface area contributed by atoms with Gasteiger partial charge in [0.25, 0.3) is 0 Å². The first-order valence-corrected chi connectivity index (χ1v) is 5.11. The number of nitrogens with zero attached hydrogens (tertiary/aromatic N) is 1. The number of hydrogen-bond acceptors (Lipinski definition) is 4. The van der Waals surface area contributed by atoms with Crippen LogP contribution >= 0.6 is 0 Å². The molecule has 0 aromatic heterocycles. The molecule has 1 rings (SSSR count). The standard InChI is InChI=1S/C12H11F2NO3/c1-17-11(16)5-3-8-2-4-9(7-15)10(6-8)18-12(13)14/h2,4,6,12H,3,5H2,1H3. The summed E-state index contributed by atoms with van der Waals surface area (Å²) in [5, 5.41) is 8.73. The summed E-state index contributed by atoms with van der Waals surface area (Å²) in [4.78, 5) is 10.9. The van der Waals surface area contributed by atoms with Gasteiger partial charge in [0.1, 0.15) is 11.8 Å². The first-order valence-electron chi connectivity index (χ1n) is 5.11. The summed E-state index contributed by atoms with van der Waals surface area (Å²) >= 11 is 0. The highest BCUT2D eigenvalue weighted by Gasteiger charge is 2.11. The smallest absolute Gasteiger partial charge is 0.387 e. The maximum atomic E-state index is 12.1. The van der Waals surface area contributed by atoms with E-state index < -0.39 is 12.6 Å². The largest absolute Gasteiger partial charge is 0.469 e. The lowest BCUT2D eigenvalue weighted by Gasteiger charge is -2.08. The molecule has 0 amide bonds. The fourth-order valence-corrected chi connectivity index (χ4v) is 1.36. The van der Waals surface area contributed by atoms with Crippen LogP contribution in [-0.2, 0) is 16.0 Å². The van der Waals surface area contributed by atoms with Crippen molar-refractivity contribution in [3.05, 3.63) is 29.3 Å². The molecule has 0 unspecified atom stereocenters. The van der Waals surface area contributed by atoms with Gasteiger partial charge < -0.3 is 9.47 Å². The number of carbonyl (C=O) groups excluding carboxylic acids is 1. The summed E-state index contributed by atoms with van der Waals surface area (Å²) in [5.74, 6) is -0.578. The van der Waals surface area contributed by atoms with Crippen molar-refractivity contribution >= 4 is 5.97 Å². The third-order valence-corrected chi connectivity index (χ3v) is 2.23. The molecule has 0 saturated carbocycles. The Kier molecular flexibility index (Phi) is 5.06. The molecule has 0 heterocycles. The van der Waals surface area contributed by atoms with E-state index in [0.717, 1.165) is 0 Å². The summed E-state index contributed by atoms with van der Waals surface area (Å²) < 4.78 is 33.0. The number of methoxy groups -OCH3 is 1. The summed E-state index contributed by atoms with van der Waals surface area (Å²) in [5.41, 5.74) is 0.646. The van der Waals surface area contributed by atoms with E-state index in [0.29, 0.717) is 12.0 Å². The van der Waals surface area contributed by atoms with Gasteiger partial charge in [-0.3, -0.25) is 4.79 Å². The molecule has 0 aliphatic rings. The number of carbonyl (C=O) groups is 1. The molecule has 0 N–H and O–H groups in total. The van der Waals surface area contributed by atoms with Gasteiger partial charge in [-0.1, -0.05) is 6.07 Å². The fourth-order valence-electron chi connectivity index (χ4n) is 1.36. The number of alkyl halides is 2. The summed E-state index contributed by atoms with van der Waals surface area (Å²) in [7, 11) is 1.27. The van der Waals surface area contributed by atoms with Crippen LogP contribution in [0.2, 0.25) is 0 Å². The predicted molar refractivity (Wildman–Crippen MR) is 58.1 cm³/mol. The Morgan fingerprint density at radius 2 is 2.22 bits per heavy atom. The van der Waals surface area contributed by atoms with Crippen molar-refractivity contribution in [1.82, 2.24) is 0 Å². The second-order valence-electron chi connectivity index (χ2n) is 3.40. The second-order valence-corrected chi connectivity index (χ2v) is 3.40. The lowest BCUT2D eigenvalue weighted by Crippen LogP contribution is -2.05. The Balaban J connectivity index is 2.83. The van der Waals surface area contributed by atoms with E-state index in [1.807, 2.05) is 0 Å². The molecule has 0 saturated heterocycles. The Morgan fingerprint density at radius 1 is 1.50 bits per heavy atom. The molecule has 0 atom stereocenters. The molecule has 0 spiro atoms. The number of hydrogen-bond donors (Lipinski definition) is 0. The molecule has 0 aliphatic carbocycles. The van der Waals surface area contributed by atoms with Crippen LogP contribution < -0.4 is 4.74 Å². The second kappa shape index (κ2) is 6.55. The van der Waals surface area contributed by atoms with Gasteiger partial charge in [-0.25, -0.2) is 0 Å². The maximum Gasteiger partial charge on any atom is 0.387 e. The predicted octanol–water partition coefficient (Wildman–Crippen LogP) is 2.27. The molecule has 96 valence electrons. The van der Waals surface area contributed by atoms with Crippen LogP contribution in [-0.4, -0.2) is 19.7 Å². The zero-order valence-electron chi connectivity index (χ0n) is 9.65. The fraction of sp³-hybridized carbons (Fsp3) is 0.333. The zero-order chi connectivity index (χ0) is 13.5. The van der Waals surface area contributed by atoms with E-state index in [9.17, 15) is 13.6 Å². The molecule has 18 heavy (non-hydrogen) atoms. The Morgan fingerprint density at radius 3 is 2.78 bits per heavy atom. The summed E-state index contributed by atoms with van der Waals surface area (Å²) in [6, 6.07) is 6.04. The highest BCUT2D eigenvalue weighted by molar-refractivity contribution is 5.69. The van der Waals surface area contributed by atoms with Crippen molar-refractivity contribution in [1.29, 1.82) is 5.26 Å². The molecule has 0 fully saturated rings. The third kappa shape index (κ3) is 4.01. The number of ether oxygens (including phenoxy) is 2. The molecule has 1 aromatic rings. The minimum Gasteiger partial charge on any atom is -0.469 e. The van der Waals surface area contributed by atoms with Gasteiger partial charge in [0.15, 0.2) is 0 Å². The molecule has 0 bridgehead atoms. The molecule has 1 aromatic carbocycles. The summed E-state index contributed by atoms with van der Waals surface area (Å²) in [6.45, 7) is -2.99. The number of benzene rings is 1. The van der Waals surface area contributed by atoms with E-state index in [1.54, 1.807) is 12.1 Å². The van der Waals surface area contributed by atoms with Gasteiger partial charge >= 0.3 is 12.6 Å². The molecular formula is C12H11F2NO3. The van der Waals surface area contributed by atoms with Gasteiger partial charge in [0.2, 0.25) is 0 Å². The van der Waals surface area contributed by atoms with Crippen molar-refractivity contribution in [3.8, 4) is 11.8 Å². The maximum absolute atomic E-state index is 12.1. The normalized spacial score (nSPS) is 9.94. The Bertz CT molecular complexity index is 469. The van der Waals surface area contributed by atoms with Crippen molar-refractivity contribution in [2.45, 2.75) is 19.5 Å². The number of nitriles is 1. The molecule has 6 heteroatoms. The Hall–Kier alpha value is -2.16. The lowest BCUT2D eigenvalue weighted by molar-refractivity contribution is -0.140. The van der Waals surface area contributed by atoms with Gasteiger partial charge in [0, 0.05) is 6.42 Å². The molecule has 4 nitrogen and oxygen atoms in total. The first-order chi connectivity index (χ1) is 8.56. The van der Waals surface area contributed by atoms with Crippen LogP contribution in [0, 0.1) is 11.3 Å². The minimum absolute atomic E-state index is 0.0251. The molecule has 0 radical (unpaired) electrons. The van der Waals surface area contributed by atoms with Crippen LogP contribution in [0.4, 0.5) is 8.78 Å². The van der Waals surface area contributed by atoms with Crippen molar-refractivity contribution in [2.75, 3.05) is 7.11 Å². The van der Waals surface area contributed by atoms with Crippen LogP contribution in [0.25, 0.3) is 0 Å². The summed E-state index contributed by atoms with van der Waals surface area (Å²) in [6.07, 6.45) is 0.467. The van der Waals surface area contributed by atoms with Crippen LogP contribution in [0.15, 0.2) is 18.2 Å². The van der Waals surface area contributed by atoms with E-state index in [1.165, 1.54) is 19.2 Å². The van der Waals surface area contributed by atoms with Crippen molar-refractivity contribution < 1.29 is 23.0 Å². The number of aryl methyl sites for hydroxylation is 1. The van der Waals surface area contributed by atoms with Crippen molar-refractivity contribution in [2.24, 2.45) is 0 Å². The van der Waals surface area contributed by atoms with Crippen molar-refractivity contribution in [3.63, 3.8) is 0 Å². The van der Waals surface area contributed by atoms with Gasteiger partial charge in [-0.05, 0) is 24.1 Å².